The first-order valence-electron chi connectivity index (χ1n) is 14.9. The highest BCUT2D eigenvalue weighted by molar-refractivity contribution is 5.50. The molecular formula is C36H41FN2O3. The van der Waals surface area contributed by atoms with E-state index in [0.717, 1.165) is 67.1 Å². The average molecular weight is 569 g/mol. The Morgan fingerprint density at radius 1 is 0.833 bits per heavy atom. The van der Waals surface area contributed by atoms with Crippen LogP contribution in [0.3, 0.4) is 0 Å². The zero-order valence-electron chi connectivity index (χ0n) is 24.6. The van der Waals surface area contributed by atoms with E-state index in [1.165, 1.54) is 12.1 Å². The van der Waals surface area contributed by atoms with Crippen LogP contribution < -0.4 is 14.4 Å². The number of halogens is 1. The third kappa shape index (κ3) is 6.61. The minimum absolute atomic E-state index is 0.223. The lowest BCUT2D eigenvalue weighted by molar-refractivity contribution is 0.0308. The molecule has 42 heavy (non-hydrogen) atoms. The molecule has 2 unspecified atom stereocenters. The fraction of sp³-hybridized carbons (Fsp3) is 0.333. The van der Waals surface area contributed by atoms with Gasteiger partial charge in [0.1, 0.15) is 22.9 Å². The van der Waals surface area contributed by atoms with Crippen molar-refractivity contribution in [2.24, 2.45) is 0 Å². The normalized spacial score (nSPS) is 16.0. The summed E-state index contributed by atoms with van der Waals surface area (Å²) in [5.74, 6) is 0.923. The van der Waals surface area contributed by atoms with Gasteiger partial charge in [0.15, 0.2) is 0 Å². The standard InChI is InChI=1S/C36H41FN2O3/c1-3-4-26-42-32-20-14-29(15-21-32)36(40,33-12-8-9-13-35(33)41-2)34(28-10-6-5-7-11-28)27-38-22-24-39(25-23-38)31-18-16-30(37)17-19-31/h5-21,34,40H,3-4,22-27H2,1-2H3. The topological polar surface area (TPSA) is 45.2 Å². The zero-order chi connectivity index (χ0) is 29.4. The zero-order valence-corrected chi connectivity index (χ0v) is 24.6. The number of anilines is 1. The second-order valence-electron chi connectivity index (χ2n) is 10.9. The molecule has 0 bridgehead atoms. The van der Waals surface area contributed by atoms with E-state index in [9.17, 15) is 9.50 Å². The first-order chi connectivity index (χ1) is 20.5. The molecule has 1 aliphatic heterocycles. The molecule has 1 N–H and O–H groups in total. The summed E-state index contributed by atoms with van der Waals surface area (Å²) in [6.45, 7) is 6.76. The van der Waals surface area contributed by atoms with Crippen molar-refractivity contribution < 1.29 is 19.0 Å². The fourth-order valence-corrected chi connectivity index (χ4v) is 5.91. The lowest BCUT2D eigenvalue weighted by Gasteiger charge is -2.43. The van der Waals surface area contributed by atoms with E-state index in [4.69, 9.17) is 9.47 Å². The van der Waals surface area contributed by atoms with E-state index in [1.54, 1.807) is 7.11 Å². The molecule has 0 aromatic heterocycles. The maximum Gasteiger partial charge on any atom is 0.126 e. The van der Waals surface area contributed by atoms with Gasteiger partial charge in [-0.15, -0.1) is 0 Å². The van der Waals surface area contributed by atoms with Crippen molar-refractivity contribution in [1.82, 2.24) is 4.90 Å². The van der Waals surface area contributed by atoms with Crippen LogP contribution in [-0.2, 0) is 5.60 Å². The molecular weight excluding hydrogens is 527 g/mol. The molecule has 0 radical (unpaired) electrons. The number of para-hydroxylation sites is 1. The number of ether oxygens (including phenoxy) is 2. The van der Waals surface area contributed by atoms with Gasteiger partial charge in [-0.05, 0) is 60.0 Å². The number of aliphatic hydroxyl groups is 1. The minimum Gasteiger partial charge on any atom is -0.496 e. The van der Waals surface area contributed by atoms with E-state index in [1.807, 2.05) is 78.9 Å². The number of benzene rings is 4. The summed E-state index contributed by atoms with van der Waals surface area (Å²) in [4.78, 5) is 4.71. The van der Waals surface area contributed by atoms with Gasteiger partial charge in [-0.1, -0.05) is 74.0 Å². The lowest BCUT2D eigenvalue weighted by Crippen LogP contribution is -2.50. The highest BCUT2D eigenvalue weighted by atomic mass is 19.1. The number of unbranched alkanes of at least 4 members (excludes halogenated alkanes) is 1. The maximum absolute atomic E-state index is 13.5. The number of methoxy groups -OCH3 is 1. The van der Waals surface area contributed by atoms with Gasteiger partial charge < -0.3 is 19.5 Å². The number of piperazine rings is 1. The van der Waals surface area contributed by atoms with Crippen molar-refractivity contribution in [2.45, 2.75) is 31.3 Å². The van der Waals surface area contributed by atoms with Crippen LogP contribution in [0, 0.1) is 5.82 Å². The Kier molecular flexibility index (Phi) is 9.78. The molecule has 4 aromatic carbocycles. The Balaban J connectivity index is 1.49. The molecule has 1 fully saturated rings. The first kappa shape index (κ1) is 29.6. The molecule has 0 amide bonds. The summed E-state index contributed by atoms with van der Waals surface area (Å²) in [7, 11) is 1.65. The molecule has 1 aliphatic rings. The molecule has 5 nitrogen and oxygen atoms in total. The Morgan fingerprint density at radius 3 is 2.17 bits per heavy atom. The van der Waals surface area contributed by atoms with E-state index in [-0.39, 0.29) is 11.7 Å². The van der Waals surface area contributed by atoms with Crippen molar-refractivity contribution in [3.63, 3.8) is 0 Å². The van der Waals surface area contributed by atoms with Crippen LogP contribution in [0.25, 0.3) is 0 Å². The van der Waals surface area contributed by atoms with Gasteiger partial charge in [-0.3, -0.25) is 4.90 Å². The van der Waals surface area contributed by atoms with Crippen molar-refractivity contribution in [2.75, 3.05) is 51.3 Å². The second-order valence-corrected chi connectivity index (χ2v) is 10.9. The summed E-state index contributed by atoms with van der Waals surface area (Å²) in [5.41, 5.74) is 2.21. The predicted molar refractivity (Wildman–Crippen MR) is 167 cm³/mol. The van der Waals surface area contributed by atoms with Gasteiger partial charge in [0, 0.05) is 49.9 Å². The average Bonchev–Trinajstić information content (AvgIpc) is 3.05. The van der Waals surface area contributed by atoms with Gasteiger partial charge in [0.05, 0.1) is 13.7 Å². The van der Waals surface area contributed by atoms with Crippen molar-refractivity contribution >= 4 is 5.69 Å². The first-order valence-corrected chi connectivity index (χ1v) is 14.9. The molecule has 4 aromatic rings. The smallest absolute Gasteiger partial charge is 0.126 e. The Hall–Kier alpha value is -3.87. The van der Waals surface area contributed by atoms with Crippen LogP contribution in [0.5, 0.6) is 11.5 Å². The van der Waals surface area contributed by atoms with Crippen LogP contribution in [0.1, 0.15) is 42.4 Å². The largest absolute Gasteiger partial charge is 0.496 e. The second kappa shape index (κ2) is 13.9. The Labute approximate surface area is 249 Å². The summed E-state index contributed by atoms with van der Waals surface area (Å²) in [6.07, 6.45) is 2.07. The lowest BCUT2D eigenvalue weighted by atomic mass is 9.72. The van der Waals surface area contributed by atoms with Gasteiger partial charge in [-0.2, -0.15) is 0 Å². The highest BCUT2D eigenvalue weighted by Crippen LogP contribution is 2.46. The van der Waals surface area contributed by atoms with E-state index < -0.39 is 5.60 Å². The third-order valence-electron chi connectivity index (χ3n) is 8.29. The predicted octanol–water partition coefficient (Wildman–Crippen LogP) is 6.86. The molecule has 0 aliphatic carbocycles. The van der Waals surface area contributed by atoms with Gasteiger partial charge >= 0.3 is 0 Å². The van der Waals surface area contributed by atoms with Crippen LogP contribution in [-0.4, -0.2) is 56.4 Å². The molecule has 2 atom stereocenters. The fourth-order valence-electron chi connectivity index (χ4n) is 5.91. The maximum atomic E-state index is 13.5. The Morgan fingerprint density at radius 2 is 1.50 bits per heavy atom. The molecule has 1 heterocycles. The SMILES string of the molecule is CCCCOc1ccc(C(O)(c2ccccc2OC)C(CN2CCN(c3ccc(F)cc3)CC2)c2ccccc2)cc1. The Bertz CT molecular complexity index is 1390. The van der Waals surface area contributed by atoms with Gasteiger partial charge in [0.25, 0.3) is 0 Å². The molecule has 6 heteroatoms. The summed E-state index contributed by atoms with van der Waals surface area (Å²) >= 11 is 0. The van der Waals surface area contributed by atoms with Crippen molar-refractivity contribution in [3.8, 4) is 11.5 Å². The highest BCUT2D eigenvalue weighted by Gasteiger charge is 2.44. The molecule has 0 saturated carbocycles. The van der Waals surface area contributed by atoms with Crippen LogP contribution in [0.4, 0.5) is 10.1 Å². The number of nitrogens with zero attached hydrogens (tertiary/aromatic N) is 2. The minimum atomic E-state index is -1.38. The van der Waals surface area contributed by atoms with Crippen LogP contribution >= 0.6 is 0 Å². The molecule has 1 saturated heterocycles. The molecule has 0 spiro atoms. The summed E-state index contributed by atoms with van der Waals surface area (Å²) in [5, 5.41) is 13.1. The van der Waals surface area contributed by atoms with Crippen molar-refractivity contribution in [1.29, 1.82) is 0 Å². The van der Waals surface area contributed by atoms with Gasteiger partial charge in [0.2, 0.25) is 0 Å². The molecule has 220 valence electrons. The third-order valence-corrected chi connectivity index (χ3v) is 8.29. The molecule has 5 rings (SSSR count). The van der Waals surface area contributed by atoms with E-state index >= 15 is 0 Å². The quantitative estimate of drug-likeness (QED) is 0.189. The monoisotopic (exact) mass is 568 g/mol. The van der Waals surface area contributed by atoms with Crippen LogP contribution in [0.2, 0.25) is 0 Å². The van der Waals surface area contributed by atoms with Gasteiger partial charge in [-0.25, -0.2) is 4.39 Å². The van der Waals surface area contributed by atoms with Crippen molar-refractivity contribution in [3.05, 3.63) is 126 Å². The van der Waals surface area contributed by atoms with Crippen LogP contribution in [0.15, 0.2) is 103 Å². The summed E-state index contributed by atoms with van der Waals surface area (Å²) < 4.78 is 25.3. The number of rotatable bonds is 12. The van der Waals surface area contributed by atoms with E-state index in [2.05, 4.69) is 28.9 Å². The number of hydrogen-bond acceptors (Lipinski definition) is 5. The number of hydrogen-bond donors (Lipinski definition) is 1. The van der Waals surface area contributed by atoms with E-state index in [0.29, 0.717) is 18.9 Å². The summed E-state index contributed by atoms with van der Waals surface area (Å²) in [6, 6.07) is 32.6.